The Morgan fingerprint density at radius 1 is 1.38 bits per heavy atom. The summed E-state index contributed by atoms with van der Waals surface area (Å²) in [6, 6.07) is 8.17. The van der Waals surface area contributed by atoms with Gasteiger partial charge in [-0.1, -0.05) is 6.07 Å². The molecule has 0 fully saturated rings. The number of hydrogen-bond acceptors (Lipinski definition) is 3. The maximum Gasteiger partial charge on any atom is 0.223 e. The molecule has 1 atom stereocenters. The van der Waals surface area contributed by atoms with Crippen LogP contribution >= 0.6 is 0 Å². The maximum atomic E-state index is 12.5. The van der Waals surface area contributed by atoms with Crippen LogP contribution in [0.15, 0.2) is 30.5 Å². The summed E-state index contributed by atoms with van der Waals surface area (Å²) in [5, 5.41) is 7.33. The molecule has 1 amide bonds. The predicted molar refractivity (Wildman–Crippen MR) is 91.3 cm³/mol. The Labute approximate surface area is 140 Å². The number of benzene rings is 1. The molecule has 0 aliphatic carbocycles. The standard InChI is InChI=1S/C18H21N5O/c1-12-21-16-9-13(3-4-17(16)22(12)2)11-19-18(24)14-6-8-23-15(10-14)5-7-20-23/h3-5,7,9,14H,6,8,10-11H2,1-2H3,(H,19,24). The minimum atomic E-state index is 0.0371. The van der Waals surface area contributed by atoms with E-state index in [4.69, 9.17) is 0 Å². The van der Waals surface area contributed by atoms with Crippen LogP contribution in [0.3, 0.4) is 0 Å². The Hall–Kier alpha value is -2.63. The molecule has 0 spiro atoms. The number of hydrogen-bond donors (Lipinski definition) is 1. The van der Waals surface area contributed by atoms with E-state index >= 15 is 0 Å². The molecule has 1 aliphatic rings. The van der Waals surface area contributed by atoms with Crippen molar-refractivity contribution in [3.63, 3.8) is 0 Å². The molecule has 3 heterocycles. The van der Waals surface area contributed by atoms with Crippen molar-refractivity contribution < 1.29 is 4.79 Å². The van der Waals surface area contributed by atoms with E-state index in [1.807, 2.05) is 24.7 Å². The number of carbonyl (C=O) groups excluding carboxylic acids is 1. The third-order valence-corrected chi connectivity index (χ3v) is 4.96. The van der Waals surface area contributed by atoms with Crippen molar-refractivity contribution in [2.24, 2.45) is 13.0 Å². The van der Waals surface area contributed by atoms with Gasteiger partial charge in [-0.2, -0.15) is 5.10 Å². The van der Waals surface area contributed by atoms with Gasteiger partial charge in [0.2, 0.25) is 5.91 Å². The fourth-order valence-corrected chi connectivity index (χ4v) is 3.40. The van der Waals surface area contributed by atoms with E-state index in [1.165, 1.54) is 0 Å². The lowest BCUT2D eigenvalue weighted by Gasteiger charge is -2.22. The molecule has 24 heavy (non-hydrogen) atoms. The average Bonchev–Trinajstić information content (AvgIpc) is 3.16. The Morgan fingerprint density at radius 3 is 3.12 bits per heavy atom. The molecule has 6 nitrogen and oxygen atoms in total. The number of nitrogens with zero attached hydrogens (tertiary/aromatic N) is 4. The molecule has 0 saturated heterocycles. The lowest BCUT2D eigenvalue weighted by molar-refractivity contribution is -0.125. The highest BCUT2D eigenvalue weighted by molar-refractivity contribution is 5.80. The molecular weight excluding hydrogens is 302 g/mol. The number of carbonyl (C=O) groups is 1. The summed E-state index contributed by atoms with van der Waals surface area (Å²) in [7, 11) is 2.01. The topological polar surface area (TPSA) is 64.7 Å². The second-order valence-electron chi connectivity index (χ2n) is 6.49. The number of amides is 1. The molecule has 1 aliphatic heterocycles. The van der Waals surface area contributed by atoms with E-state index in [9.17, 15) is 4.79 Å². The summed E-state index contributed by atoms with van der Waals surface area (Å²) in [5.74, 6) is 1.15. The van der Waals surface area contributed by atoms with Gasteiger partial charge in [-0.15, -0.1) is 0 Å². The van der Waals surface area contributed by atoms with E-state index in [-0.39, 0.29) is 11.8 Å². The third-order valence-electron chi connectivity index (χ3n) is 4.96. The summed E-state index contributed by atoms with van der Waals surface area (Å²) >= 11 is 0. The van der Waals surface area contributed by atoms with Gasteiger partial charge >= 0.3 is 0 Å². The van der Waals surface area contributed by atoms with Gasteiger partial charge in [-0.25, -0.2) is 4.98 Å². The number of nitrogens with one attached hydrogen (secondary N) is 1. The van der Waals surface area contributed by atoms with Crippen molar-refractivity contribution in [2.45, 2.75) is 32.9 Å². The quantitative estimate of drug-likeness (QED) is 0.801. The molecule has 3 aromatic rings. The highest BCUT2D eigenvalue weighted by atomic mass is 16.1. The Balaban J connectivity index is 1.42. The van der Waals surface area contributed by atoms with Gasteiger partial charge in [0.15, 0.2) is 0 Å². The van der Waals surface area contributed by atoms with Gasteiger partial charge in [0, 0.05) is 44.4 Å². The Morgan fingerprint density at radius 2 is 2.25 bits per heavy atom. The van der Waals surface area contributed by atoms with Gasteiger partial charge in [0.25, 0.3) is 0 Å². The van der Waals surface area contributed by atoms with E-state index in [0.29, 0.717) is 6.54 Å². The van der Waals surface area contributed by atoms with Crippen molar-refractivity contribution in [3.8, 4) is 0 Å². The number of rotatable bonds is 3. The minimum Gasteiger partial charge on any atom is -0.352 e. The average molecular weight is 323 g/mol. The first-order chi connectivity index (χ1) is 11.6. The minimum absolute atomic E-state index is 0.0371. The number of fused-ring (bicyclic) bond motifs is 2. The van der Waals surface area contributed by atoms with Gasteiger partial charge in [-0.3, -0.25) is 9.48 Å². The van der Waals surface area contributed by atoms with E-state index < -0.39 is 0 Å². The van der Waals surface area contributed by atoms with E-state index in [1.54, 1.807) is 6.20 Å². The lowest BCUT2D eigenvalue weighted by atomic mass is 9.95. The molecule has 124 valence electrons. The second-order valence-corrected chi connectivity index (χ2v) is 6.49. The van der Waals surface area contributed by atoms with Crippen LogP contribution in [0.4, 0.5) is 0 Å². The molecule has 0 radical (unpaired) electrons. The Kier molecular flexibility index (Phi) is 3.59. The summed E-state index contributed by atoms with van der Waals surface area (Å²) in [4.78, 5) is 17.0. The first-order valence-electron chi connectivity index (χ1n) is 8.32. The Bertz CT molecular complexity index is 907. The van der Waals surface area contributed by atoms with Crippen molar-refractivity contribution >= 4 is 16.9 Å². The number of aromatic nitrogens is 4. The zero-order chi connectivity index (χ0) is 16.7. The van der Waals surface area contributed by atoms with Crippen LogP contribution in [-0.4, -0.2) is 25.2 Å². The molecule has 1 aromatic carbocycles. The van der Waals surface area contributed by atoms with Crippen LogP contribution in [0.5, 0.6) is 0 Å². The van der Waals surface area contributed by atoms with Crippen molar-refractivity contribution in [1.29, 1.82) is 0 Å². The largest absolute Gasteiger partial charge is 0.352 e. The van der Waals surface area contributed by atoms with Crippen LogP contribution in [0.1, 0.15) is 23.5 Å². The van der Waals surface area contributed by atoms with Crippen molar-refractivity contribution in [2.75, 3.05) is 0 Å². The van der Waals surface area contributed by atoms with Gasteiger partial charge in [0.1, 0.15) is 5.82 Å². The fourth-order valence-electron chi connectivity index (χ4n) is 3.40. The molecule has 0 bridgehead atoms. The second kappa shape index (κ2) is 5.78. The first-order valence-corrected chi connectivity index (χ1v) is 8.32. The first kappa shape index (κ1) is 14.9. The highest BCUT2D eigenvalue weighted by Crippen LogP contribution is 2.20. The van der Waals surface area contributed by atoms with E-state index in [0.717, 1.165) is 47.5 Å². The monoisotopic (exact) mass is 323 g/mol. The van der Waals surface area contributed by atoms with Crippen LogP contribution in [0, 0.1) is 12.8 Å². The van der Waals surface area contributed by atoms with Crippen LogP contribution in [0.25, 0.3) is 11.0 Å². The number of aryl methyl sites for hydroxylation is 3. The fraction of sp³-hybridized carbons (Fsp3) is 0.389. The number of imidazole rings is 1. The molecule has 6 heteroatoms. The zero-order valence-corrected chi connectivity index (χ0v) is 14.0. The molecule has 1 unspecified atom stereocenters. The van der Waals surface area contributed by atoms with Crippen molar-refractivity contribution in [1.82, 2.24) is 24.6 Å². The lowest BCUT2D eigenvalue weighted by Crippen LogP contribution is -2.35. The zero-order valence-electron chi connectivity index (χ0n) is 14.0. The molecule has 0 saturated carbocycles. The normalized spacial score (nSPS) is 17.0. The summed E-state index contributed by atoms with van der Waals surface area (Å²) in [5.41, 5.74) is 4.31. The smallest absolute Gasteiger partial charge is 0.223 e. The van der Waals surface area contributed by atoms with Crippen LogP contribution in [0.2, 0.25) is 0 Å². The van der Waals surface area contributed by atoms with Crippen molar-refractivity contribution in [3.05, 3.63) is 47.5 Å². The van der Waals surface area contributed by atoms with Crippen LogP contribution in [-0.2, 0) is 31.4 Å². The molecule has 2 aromatic heterocycles. The molecular formula is C18H21N5O. The van der Waals surface area contributed by atoms with E-state index in [2.05, 4.69) is 38.2 Å². The predicted octanol–water partition coefficient (Wildman–Crippen LogP) is 1.96. The third kappa shape index (κ3) is 2.58. The summed E-state index contributed by atoms with van der Waals surface area (Å²) in [6.45, 7) is 3.36. The maximum absolute atomic E-state index is 12.5. The van der Waals surface area contributed by atoms with Gasteiger partial charge in [0.05, 0.1) is 11.0 Å². The highest BCUT2D eigenvalue weighted by Gasteiger charge is 2.24. The SMILES string of the molecule is Cc1nc2cc(CNC(=O)C3CCn4nccc4C3)ccc2n1C. The molecule has 4 rings (SSSR count). The molecule has 1 N–H and O–H groups in total. The van der Waals surface area contributed by atoms with Gasteiger partial charge < -0.3 is 9.88 Å². The van der Waals surface area contributed by atoms with Gasteiger partial charge in [-0.05, 0) is 37.1 Å². The summed E-state index contributed by atoms with van der Waals surface area (Å²) in [6.07, 6.45) is 3.42. The van der Waals surface area contributed by atoms with Crippen LogP contribution < -0.4 is 5.32 Å². The summed E-state index contributed by atoms with van der Waals surface area (Å²) < 4.78 is 4.06.